The first-order valence-corrected chi connectivity index (χ1v) is 5.77. The Bertz CT molecular complexity index is 247. The minimum Gasteiger partial charge on any atom is -0.481 e. The molecule has 0 bridgehead atoms. The van der Waals surface area contributed by atoms with Gasteiger partial charge in [0.1, 0.15) is 0 Å². The molecule has 0 aromatic rings. The van der Waals surface area contributed by atoms with Crippen LogP contribution in [0.2, 0.25) is 0 Å². The van der Waals surface area contributed by atoms with Gasteiger partial charge in [-0.1, -0.05) is 13.8 Å². The number of carbonyl (C=O) groups is 1. The Balaban J connectivity index is 2.80. The highest BCUT2D eigenvalue weighted by molar-refractivity contribution is 5.75. The largest absolute Gasteiger partial charge is 0.481 e. The second kappa shape index (κ2) is 4.12. The Labute approximate surface area is 91.5 Å². The minimum absolute atomic E-state index is 0.385. The average Bonchev–Trinajstić information content (AvgIpc) is 2.48. The van der Waals surface area contributed by atoms with E-state index in [0.717, 1.165) is 6.42 Å². The lowest BCUT2D eigenvalue weighted by molar-refractivity contribution is -0.153. The van der Waals surface area contributed by atoms with Crippen LogP contribution in [0.25, 0.3) is 0 Å². The predicted octanol–water partition coefficient (Wildman–Crippen LogP) is 2.43. The van der Waals surface area contributed by atoms with Crippen LogP contribution in [0.5, 0.6) is 0 Å². The number of aliphatic carboxylic acids is 1. The molecule has 0 spiro atoms. The molecule has 3 heteroatoms. The van der Waals surface area contributed by atoms with Crippen molar-refractivity contribution in [3.8, 4) is 0 Å². The van der Waals surface area contributed by atoms with Crippen molar-refractivity contribution in [1.29, 1.82) is 0 Å². The third kappa shape index (κ3) is 2.71. The molecule has 0 radical (unpaired) electrons. The van der Waals surface area contributed by atoms with E-state index in [9.17, 15) is 15.0 Å². The lowest BCUT2D eigenvalue weighted by Gasteiger charge is -2.32. The summed E-state index contributed by atoms with van der Waals surface area (Å²) in [4.78, 5) is 11.4. The summed E-state index contributed by atoms with van der Waals surface area (Å²) < 4.78 is 0. The van der Waals surface area contributed by atoms with Gasteiger partial charge in [-0.2, -0.15) is 0 Å². The number of carboxylic acid groups (broad SMARTS) is 1. The molecule has 1 aliphatic carbocycles. The Morgan fingerprint density at radius 3 is 2.53 bits per heavy atom. The van der Waals surface area contributed by atoms with Gasteiger partial charge in [-0.25, -0.2) is 0 Å². The van der Waals surface area contributed by atoms with Crippen LogP contribution in [0, 0.1) is 11.3 Å². The second-order valence-electron chi connectivity index (χ2n) is 5.46. The number of aliphatic hydroxyl groups is 1. The van der Waals surface area contributed by atoms with Crippen LogP contribution in [-0.2, 0) is 4.79 Å². The Morgan fingerprint density at radius 2 is 2.20 bits per heavy atom. The summed E-state index contributed by atoms with van der Waals surface area (Å²) >= 11 is 0. The minimum atomic E-state index is -0.845. The summed E-state index contributed by atoms with van der Waals surface area (Å²) in [5.41, 5.74) is -1.53. The molecule has 3 nitrogen and oxygen atoms in total. The smallest absolute Gasteiger partial charge is 0.309 e. The Morgan fingerprint density at radius 1 is 1.60 bits per heavy atom. The number of hydrogen-bond donors (Lipinski definition) is 2. The third-order valence-corrected chi connectivity index (χ3v) is 3.79. The third-order valence-electron chi connectivity index (χ3n) is 3.79. The zero-order valence-corrected chi connectivity index (χ0v) is 9.92. The van der Waals surface area contributed by atoms with Crippen molar-refractivity contribution in [2.75, 3.05) is 0 Å². The molecule has 1 fully saturated rings. The molecule has 15 heavy (non-hydrogen) atoms. The van der Waals surface area contributed by atoms with E-state index in [-0.39, 0.29) is 0 Å². The summed E-state index contributed by atoms with van der Waals surface area (Å²) in [5.74, 6) is -0.269. The van der Waals surface area contributed by atoms with Gasteiger partial charge >= 0.3 is 5.97 Å². The number of carboxylic acids is 1. The lowest BCUT2D eigenvalue weighted by Crippen LogP contribution is -2.38. The molecule has 3 unspecified atom stereocenters. The van der Waals surface area contributed by atoms with E-state index in [4.69, 9.17) is 0 Å². The fraction of sp³-hybridized carbons (Fsp3) is 0.917. The topological polar surface area (TPSA) is 57.5 Å². The monoisotopic (exact) mass is 214 g/mol. The van der Waals surface area contributed by atoms with Gasteiger partial charge in [0, 0.05) is 0 Å². The maximum atomic E-state index is 11.4. The standard InChI is InChI=1S/C12H22O3/c1-4-11(3,15)8-12(10(13)14)6-5-9(2)7-12/h9,15H,4-8H2,1-3H3,(H,13,14). The number of hydrogen-bond acceptors (Lipinski definition) is 2. The SMILES string of the molecule is CCC(C)(O)CC1(C(=O)O)CCC(C)C1. The summed E-state index contributed by atoms with van der Waals surface area (Å²) in [6.45, 7) is 5.72. The van der Waals surface area contributed by atoms with Gasteiger partial charge in [0.15, 0.2) is 0 Å². The maximum absolute atomic E-state index is 11.4. The van der Waals surface area contributed by atoms with Crippen molar-refractivity contribution in [3.63, 3.8) is 0 Å². The zero-order chi connectivity index (χ0) is 11.7. The highest BCUT2D eigenvalue weighted by atomic mass is 16.4. The van der Waals surface area contributed by atoms with Crippen LogP contribution in [0.3, 0.4) is 0 Å². The molecule has 0 amide bonds. The van der Waals surface area contributed by atoms with Crippen molar-refractivity contribution < 1.29 is 15.0 Å². The van der Waals surface area contributed by atoms with Crippen molar-refractivity contribution >= 4 is 5.97 Å². The Kier molecular flexibility index (Phi) is 3.44. The fourth-order valence-electron chi connectivity index (χ4n) is 2.68. The quantitative estimate of drug-likeness (QED) is 0.755. The molecule has 0 aromatic carbocycles. The molecule has 1 aliphatic rings. The van der Waals surface area contributed by atoms with Crippen molar-refractivity contribution in [2.24, 2.45) is 11.3 Å². The molecular formula is C12H22O3. The average molecular weight is 214 g/mol. The lowest BCUT2D eigenvalue weighted by atomic mass is 9.75. The van der Waals surface area contributed by atoms with E-state index < -0.39 is 17.0 Å². The van der Waals surface area contributed by atoms with Gasteiger partial charge < -0.3 is 10.2 Å². The van der Waals surface area contributed by atoms with E-state index in [2.05, 4.69) is 6.92 Å². The van der Waals surface area contributed by atoms with Crippen LogP contribution in [0.15, 0.2) is 0 Å². The van der Waals surface area contributed by atoms with Gasteiger partial charge in [0.05, 0.1) is 11.0 Å². The molecule has 1 rings (SSSR count). The normalized spacial score (nSPS) is 35.1. The highest BCUT2D eigenvalue weighted by Crippen LogP contribution is 2.47. The van der Waals surface area contributed by atoms with Crippen LogP contribution in [0.1, 0.15) is 52.9 Å². The fourth-order valence-corrected chi connectivity index (χ4v) is 2.68. The molecule has 2 N–H and O–H groups in total. The summed E-state index contributed by atoms with van der Waals surface area (Å²) in [7, 11) is 0. The predicted molar refractivity (Wildman–Crippen MR) is 58.6 cm³/mol. The van der Waals surface area contributed by atoms with E-state index in [1.54, 1.807) is 6.92 Å². The summed E-state index contributed by atoms with van der Waals surface area (Å²) in [6.07, 6.45) is 3.37. The van der Waals surface area contributed by atoms with Gasteiger partial charge in [0.2, 0.25) is 0 Å². The molecule has 0 heterocycles. The Hall–Kier alpha value is -0.570. The van der Waals surface area contributed by atoms with E-state index in [0.29, 0.717) is 31.6 Å². The molecule has 3 atom stereocenters. The second-order valence-corrected chi connectivity index (χ2v) is 5.46. The molecule has 0 aliphatic heterocycles. The zero-order valence-electron chi connectivity index (χ0n) is 9.92. The van der Waals surface area contributed by atoms with E-state index in [1.807, 2.05) is 6.92 Å². The van der Waals surface area contributed by atoms with E-state index in [1.165, 1.54) is 0 Å². The molecule has 88 valence electrons. The van der Waals surface area contributed by atoms with Crippen molar-refractivity contribution in [3.05, 3.63) is 0 Å². The molecule has 1 saturated carbocycles. The first kappa shape index (κ1) is 12.5. The number of rotatable bonds is 4. The van der Waals surface area contributed by atoms with Gasteiger partial charge in [-0.05, 0) is 44.9 Å². The van der Waals surface area contributed by atoms with Gasteiger partial charge in [-0.3, -0.25) is 4.79 Å². The van der Waals surface area contributed by atoms with Crippen LogP contribution >= 0.6 is 0 Å². The van der Waals surface area contributed by atoms with Gasteiger partial charge in [-0.15, -0.1) is 0 Å². The van der Waals surface area contributed by atoms with Crippen molar-refractivity contribution in [2.45, 2.75) is 58.5 Å². The summed E-state index contributed by atoms with van der Waals surface area (Å²) in [6, 6.07) is 0. The molecular weight excluding hydrogens is 192 g/mol. The van der Waals surface area contributed by atoms with E-state index >= 15 is 0 Å². The van der Waals surface area contributed by atoms with Crippen LogP contribution in [-0.4, -0.2) is 21.8 Å². The van der Waals surface area contributed by atoms with Crippen molar-refractivity contribution in [1.82, 2.24) is 0 Å². The van der Waals surface area contributed by atoms with Gasteiger partial charge in [0.25, 0.3) is 0 Å². The molecule has 0 aromatic heterocycles. The summed E-state index contributed by atoms with van der Waals surface area (Å²) in [5, 5.41) is 19.3. The van der Waals surface area contributed by atoms with Crippen LogP contribution in [0.4, 0.5) is 0 Å². The van der Waals surface area contributed by atoms with Crippen LogP contribution < -0.4 is 0 Å². The first-order valence-electron chi connectivity index (χ1n) is 5.77. The first-order chi connectivity index (χ1) is 6.81. The maximum Gasteiger partial charge on any atom is 0.309 e. The molecule has 0 saturated heterocycles. The highest BCUT2D eigenvalue weighted by Gasteiger charge is 2.47.